The van der Waals surface area contributed by atoms with Crippen LogP contribution in [0.1, 0.15) is 341 Å². The van der Waals surface area contributed by atoms with Gasteiger partial charge in [0.25, 0.3) is 7.82 Å². The van der Waals surface area contributed by atoms with Gasteiger partial charge in [-0.15, -0.1) is 0 Å². The second-order valence-corrected chi connectivity index (χ2v) is 25.6. The largest absolute Gasteiger partial charge is 0.756 e. The molecular formula is C67H130NO8P. The molecule has 0 amide bonds. The van der Waals surface area contributed by atoms with Crippen molar-refractivity contribution in [3.8, 4) is 0 Å². The van der Waals surface area contributed by atoms with Crippen LogP contribution in [0.3, 0.4) is 0 Å². The molecule has 2 atom stereocenters. The number of allylic oxidation sites excluding steroid dienone is 4. The summed E-state index contributed by atoms with van der Waals surface area (Å²) >= 11 is 0. The molecule has 0 fully saturated rings. The Morgan fingerprint density at radius 3 is 1.06 bits per heavy atom. The van der Waals surface area contributed by atoms with E-state index < -0.39 is 26.5 Å². The van der Waals surface area contributed by atoms with E-state index >= 15 is 0 Å². The van der Waals surface area contributed by atoms with Crippen LogP contribution in [0.15, 0.2) is 24.3 Å². The molecule has 10 heteroatoms. The predicted octanol–water partition coefficient (Wildman–Crippen LogP) is 20.7. The van der Waals surface area contributed by atoms with E-state index in [4.69, 9.17) is 18.5 Å². The van der Waals surface area contributed by atoms with E-state index in [2.05, 4.69) is 38.2 Å². The summed E-state index contributed by atoms with van der Waals surface area (Å²) in [6.07, 6.45) is 72.9. The van der Waals surface area contributed by atoms with E-state index in [1.807, 2.05) is 21.1 Å². The lowest BCUT2D eigenvalue weighted by Crippen LogP contribution is -2.37. The summed E-state index contributed by atoms with van der Waals surface area (Å²) in [5.41, 5.74) is 0. The lowest BCUT2D eigenvalue weighted by Gasteiger charge is -2.28. The highest BCUT2D eigenvalue weighted by Crippen LogP contribution is 2.38. The molecule has 0 radical (unpaired) electrons. The first-order valence-electron chi connectivity index (χ1n) is 33.5. The number of phosphoric ester groups is 1. The van der Waals surface area contributed by atoms with Crippen LogP contribution in [0.5, 0.6) is 0 Å². The Morgan fingerprint density at radius 2 is 0.714 bits per heavy atom. The molecule has 0 aromatic carbocycles. The minimum absolute atomic E-state index is 0.0315. The van der Waals surface area contributed by atoms with Crippen LogP contribution in [-0.4, -0.2) is 70.0 Å². The number of phosphoric acid groups is 1. The molecule has 0 aliphatic carbocycles. The molecule has 0 bridgehead atoms. The fraction of sp³-hybridized carbons (Fsp3) is 0.910. The van der Waals surface area contributed by atoms with Crippen LogP contribution in [-0.2, 0) is 32.7 Å². The van der Waals surface area contributed by atoms with E-state index in [1.165, 1.54) is 244 Å². The summed E-state index contributed by atoms with van der Waals surface area (Å²) in [7, 11) is 1.17. The number of hydrogen-bond acceptors (Lipinski definition) is 8. The first kappa shape index (κ1) is 75.5. The van der Waals surface area contributed by atoms with Crippen LogP contribution in [0, 0.1) is 0 Å². The number of esters is 2. The van der Waals surface area contributed by atoms with E-state index in [-0.39, 0.29) is 32.0 Å². The van der Waals surface area contributed by atoms with Crippen molar-refractivity contribution < 1.29 is 42.1 Å². The minimum Gasteiger partial charge on any atom is -0.756 e. The highest BCUT2D eigenvalue weighted by atomic mass is 31.2. The minimum atomic E-state index is -4.64. The maximum atomic E-state index is 12.8. The van der Waals surface area contributed by atoms with Crippen LogP contribution in [0.2, 0.25) is 0 Å². The zero-order valence-electron chi connectivity index (χ0n) is 51.9. The average molecular weight is 1110 g/mol. The van der Waals surface area contributed by atoms with Gasteiger partial charge >= 0.3 is 11.9 Å². The van der Waals surface area contributed by atoms with Crippen LogP contribution < -0.4 is 4.89 Å². The molecule has 0 saturated heterocycles. The van der Waals surface area contributed by atoms with Gasteiger partial charge in [-0.3, -0.25) is 14.2 Å². The molecular weight excluding hydrogens is 978 g/mol. The van der Waals surface area contributed by atoms with Crippen LogP contribution in [0.25, 0.3) is 0 Å². The maximum absolute atomic E-state index is 12.8. The summed E-state index contributed by atoms with van der Waals surface area (Å²) in [6.45, 7) is 4.23. The van der Waals surface area contributed by atoms with Crippen molar-refractivity contribution in [2.24, 2.45) is 0 Å². The second-order valence-electron chi connectivity index (χ2n) is 24.2. The van der Waals surface area contributed by atoms with Crippen LogP contribution in [0.4, 0.5) is 0 Å². The van der Waals surface area contributed by atoms with Gasteiger partial charge in [0.2, 0.25) is 0 Å². The summed E-state index contributed by atoms with van der Waals surface area (Å²) in [4.78, 5) is 37.8. The number of carbonyl (C=O) groups excluding carboxylic acids is 2. The van der Waals surface area contributed by atoms with Gasteiger partial charge in [0.1, 0.15) is 19.8 Å². The van der Waals surface area contributed by atoms with Gasteiger partial charge in [0.15, 0.2) is 6.10 Å². The van der Waals surface area contributed by atoms with Gasteiger partial charge in [-0.2, -0.15) is 0 Å². The van der Waals surface area contributed by atoms with Gasteiger partial charge < -0.3 is 27.9 Å². The van der Waals surface area contributed by atoms with Crippen molar-refractivity contribution in [2.45, 2.75) is 347 Å². The Bertz CT molecular complexity index is 1350. The predicted molar refractivity (Wildman–Crippen MR) is 328 cm³/mol. The molecule has 456 valence electrons. The van der Waals surface area contributed by atoms with Crippen molar-refractivity contribution in [3.05, 3.63) is 24.3 Å². The molecule has 0 N–H and O–H groups in total. The first-order valence-corrected chi connectivity index (χ1v) is 35.0. The van der Waals surface area contributed by atoms with Crippen molar-refractivity contribution in [1.29, 1.82) is 0 Å². The quantitative estimate of drug-likeness (QED) is 0.0195. The number of nitrogens with zero attached hydrogens (tertiary/aromatic N) is 1. The fourth-order valence-electron chi connectivity index (χ4n) is 10.0. The molecule has 0 spiro atoms. The smallest absolute Gasteiger partial charge is 0.306 e. The monoisotopic (exact) mass is 1110 g/mol. The number of likely N-dealkylation sites (N-methyl/N-ethyl adjacent to an activating group) is 1. The first-order chi connectivity index (χ1) is 37.5. The number of unbranched alkanes of at least 4 members (excludes halogenated alkanes) is 45. The Morgan fingerprint density at radius 1 is 0.403 bits per heavy atom. The molecule has 0 aromatic heterocycles. The molecule has 0 rings (SSSR count). The van der Waals surface area contributed by atoms with E-state index in [0.29, 0.717) is 17.4 Å². The number of quaternary nitrogens is 1. The molecule has 0 aromatic rings. The Kier molecular flexibility index (Phi) is 58.0. The lowest BCUT2D eigenvalue weighted by molar-refractivity contribution is -0.870. The van der Waals surface area contributed by atoms with Gasteiger partial charge in [-0.05, 0) is 38.5 Å². The zero-order valence-corrected chi connectivity index (χ0v) is 52.8. The summed E-state index contributed by atoms with van der Waals surface area (Å²) < 4.78 is 34.1. The summed E-state index contributed by atoms with van der Waals surface area (Å²) in [5.74, 6) is -0.835. The maximum Gasteiger partial charge on any atom is 0.306 e. The average Bonchev–Trinajstić information content (AvgIpc) is 3.39. The van der Waals surface area contributed by atoms with E-state index in [1.54, 1.807) is 0 Å². The SMILES string of the molecule is CCCC/C=C\C/C=C\CCCCCCCC(=O)OC(COC(=O)CCCCCCCCCCCCCCCCCCCCCCCCCCCCCCCCCCCCCCCCC)COP(=O)([O-])OCC[N+](C)(C)C. The molecule has 0 heterocycles. The second kappa shape index (κ2) is 59.1. The van der Waals surface area contributed by atoms with Crippen molar-refractivity contribution >= 4 is 19.8 Å². The number of rotatable bonds is 63. The lowest BCUT2D eigenvalue weighted by atomic mass is 10.0. The van der Waals surface area contributed by atoms with Crippen LogP contribution >= 0.6 is 7.82 Å². The third-order valence-electron chi connectivity index (χ3n) is 15.2. The normalized spacial score (nSPS) is 13.3. The van der Waals surface area contributed by atoms with Gasteiger partial charge in [-0.25, -0.2) is 0 Å². The van der Waals surface area contributed by atoms with E-state index in [0.717, 1.165) is 64.2 Å². The molecule has 2 unspecified atom stereocenters. The molecule has 0 aliphatic rings. The standard InChI is InChI=1S/C67H130NO8P/c1-6-8-10-12-14-16-18-20-22-23-24-25-26-27-28-29-30-31-32-33-34-35-36-37-38-39-40-41-42-43-44-45-46-48-49-51-53-55-57-59-66(69)73-63-65(64-75-77(71,72)74-62-61-68(3,4)5)76-67(70)60-58-56-54-52-50-47-21-19-17-15-13-11-9-7-2/h13,15,19,21,65H,6-12,14,16-18,20,22-64H2,1-5H3/b15-13-,21-19-. The highest BCUT2D eigenvalue weighted by molar-refractivity contribution is 7.45. The third kappa shape index (κ3) is 63.5. The van der Waals surface area contributed by atoms with Gasteiger partial charge in [0.05, 0.1) is 27.7 Å². The topological polar surface area (TPSA) is 111 Å². The summed E-state index contributed by atoms with van der Waals surface area (Å²) in [5, 5.41) is 0. The Labute approximate surface area is 479 Å². The van der Waals surface area contributed by atoms with Crippen molar-refractivity contribution in [1.82, 2.24) is 0 Å². The molecule has 0 saturated carbocycles. The number of hydrogen-bond donors (Lipinski definition) is 0. The van der Waals surface area contributed by atoms with Crippen molar-refractivity contribution in [3.63, 3.8) is 0 Å². The zero-order chi connectivity index (χ0) is 56.3. The third-order valence-corrected chi connectivity index (χ3v) is 16.2. The van der Waals surface area contributed by atoms with Crippen molar-refractivity contribution in [2.75, 3.05) is 47.5 Å². The van der Waals surface area contributed by atoms with Gasteiger partial charge in [0, 0.05) is 12.8 Å². The van der Waals surface area contributed by atoms with E-state index in [9.17, 15) is 19.0 Å². The fourth-order valence-corrected chi connectivity index (χ4v) is 10.8. The molecule has 77 heavy (non-hydrogen) atoms. The number of ether oxygens (including phenoxy) is 2. The van der Waals surface area contributed by atoms with Gasteiger partial charge in [-0.1, -0.05) is 314 Å². The number of carbonyl (C=O) groups is 2. The highest BCUT2D eigenvalue weighted by Gasteiger charge is 2.22. The molecule has 0 aliphatic heterocycles. The Hall–Kier alpha value is -1.51. The summed E-state index contributed by atoms with van der Waals surface area (Å²) in [6, 6.07) is 0. The Balaban J connectivity index is 3.82. The molecule has 9 nitrogen and oxygen atoms in total.